The minimum absolute atomic E-state index is 0.135. The molecule has 0 saturated heterocycles. The van der Waals surface area contributed by atoms with Gasteiger partial charge in [0.2, 0.25) is 10.0 Å². The Morgan fingerprint density at radius 1 is 1.33 bits per heavy atom. The van der Waals surface area contributed by atoms with E-state index in [0.717, 1.165) is 0 Å². The SMILES string of the molecule is CN(C)C(C)(C)CNS(=O)(=O)Cc1ccccc1C(N)=S. The van der Waals surface area contributed by atoms with Gasteiger partial charge < -0.3 is 10.6 Å². The number of hydrogen-bond acceptors (Lipinski definition) is 4. The number of likely N-dealkylation sites (N-methyl/N-ethyl adjacent to an activating group) is 1. The lowest BCUT2D eigenvalue weighted by molar-refractivity contribution is 0.199. The molecule has 0 radical (unpaired) electrons. The van der Waals surface area contributed by atoms with Crippen molar-refractivity contribution in [1.29, 1.82) is 0 Å². The first-order valence-electron chi connectivity index (χ1n) is 6.57. The fraction of sp³-hybridized carbons (Fsp3) is 0.500. The Hall–Kier alpha value is -1.02. The van der Waals surface area contributed by atoms with Gasteiger partial charge in [-0.15, -0.1) is 0 Å². The summed E-state index contributed by atoms with van der Waals surface area (Å²) < 4.78 is 27.1. The molecule has 0 aliphatic carbocycles. The second kappa shape index (κ2) is 6.83. The summed E-state index contributed by atoms with van der Waals surface area (Å²) in [5.74, 6) is -0.135. The zero-order valence-electron chi connectivity index (χ0n) is 12.9. The molecule has 0 unspecified atom stereocenters. The van der Waals surface area contributed by atoms with Crippen LogP contribution in [0.4, 0.5) is 0 Å². The molecule has 0 amide bonds. The van der Waals surface area contributed by atoms with Crippen LogP contribution in [0.25, 0.3) is 0 Å². The quantitative estimate of drug-likeness (QED) is 0.732. The summed E-state index contributed by atoms with van der Waals surface area (Å²) in [5, 5.41) is 0. The first kappa shape index (κ1) is 18.0. The van der Waals surface area contributed by atoms with Gasteiger partial charge in [-0.2, -0.15) is 0 Å². The highest BCUT2D eigenvalue weighted by atomic mass is 32.2. The molecule has 0 bridgehead atoms. The van der Waals surface area contributed by atoms with Crippen molar-refractivity contribution in [3.8, 4) is 0 Å². The Bertz CT molecular complexity index is 610. The van der Waals surface area contributed by atoms with Crippen molar-refractivity contribution < 1.29 is 8.42 Å². The van der Waals surface area contributed by atoms with E-state index in [1.807, 2.05) is 32.8 Å². The summed E-state index contributed by atoms with van der Waals surface area (Å²) in [6.45, 7) is 4.27. The summed E-state index contributed by atoms with van der Waals surface area (Å²) in [7, 11) is 0.377. The summed E-state index contributed by atoms with van der Waals surface area (Å²) in [4.78, 5) is 2.17. The van der Waals surface area contributed by atoms with Crippen LogP contribution in [0.15, 0.2) is 24.3 Å². The van der Waals surface area contributed by atoms with Crippen LogP contribution >= 0.6 is 12.2 Å². The van der Waals surface area contributed by atoms with Crippen LogP contribution < -0.4 is 10.5 Å². The van der Waals surface area contributed by atoms with Crippen LogP contribution in [0, 0.1) is 0 Å². The lowest BCUT2D eigenvalue weighted by atomic mass is 10.1. The van der Waals surface area contributed by atoms with Crippen LogP contribution in [0.2, 0.25) is 0 Å². The molecule has 5 nitrogen and oxygen atoms in total. The van der Waals surface area contributed by atoms with E-state index in [2.05, 4.69) is 4.72 Å². The zero-order valence-corrected chi connectivity index (χ0v) is 14.5. The fourth-order valence-electron chi connectivity index (χ4n) is 1.59. The van der Waals surface area contributed by atoms with Crippen LogP contribution in [-0.2, 0) is 15.8 Å². The number of rotatable bonds is 7. The molecular formula is C14H23N3O2S2. The molecule has 0 aliphatic rings. The van der Waals surface area contributed by atoms with Gasteiger partial charge in [-0.1, -0.05) is 36.5 Å². The Labute approximate surface area is 132 Å². The molecule has 7 heteroatoms. The molecule has 0 fully saturated rings. The highest BCUT2D eigenvalue weighted by Crippen LogP contribution is 2.13. The molecule has 0 aliphatic heterocycles. The Kier molecular flexibility index (Phi) is 5.86. The average molecular weight is 329 g/mol. The second-order valence-corrected chi connectivity index (χ2v) is 8.06. The number of hydrogen-bond donors (Lipinski definition) is 2. The first-order valence-corrected chi connectivity index (χ1v) is 8.64. The molecule has 0 heterocycles. The summed E-state index contributed by atoms with van der Waals surface area (Å²) in [6, 6.07) is 7.02. The van der Waals surface area contributed by atoms with Crippen molar-refractivity contribution in [1.82, 2.24) is 9.62 Å². The molecular weight excluding hydrogens is 306 g/mol. The number of benzene rings is 1. The van der Waals surface area contributed by atoms with Gasteiger partial charge in [-0.05, 0) is 33.5 Å². The molecule has 21 heavy (non-hydrogen) atoms. The maximum Gasteiger partial charge on any atom is 0.215 e. The normalized spacial score (nSPS) is 12.6. The topological polar surface area (TPSA) is 75.4 Å². The standard InChI is InChI=1S/C14H23N3O2S2/c1-14(2,17(3)4)10-16-21(18,19)9-11-7-5-6-8-12(11)13(15)20/h5-8,16H,9-10H2,1-4H3,(H2,15,20). The highest BCUT2D eigenvalue weighted by molar-refractivity contribution is 7.88. The van der Waals surface area contributed by atoms with Crippen molar-refractivity contribution in [2.24, 2.45) is 5.73 Å². The molecule has 3 N–H and O–H groups in total. The Morgan fingerprint density at radius 3 is 2.43 bits per heavy atom. The van der Waals surface area contributed by atoms with E-state index in [9.17, 15) is 8.42 Å². The molecule has 118 valence electrons. The summed E-state index contributed by atoms with van der Waals surface area (Å²) in [5.41, 5.74) is 6.57. The molecule has 0 atom stereocenters. The van der Waals surface area contributed by atoms with Crippen molar-refractivity contribution >= 4 is 27.2 Å². The van der Waals surface area contributed by atoms with Gasteiger partial charge in [0.1, 0.15) is 4.99 Å². The predicted molar refractivity (Wildman–Crippen MR) is 90.7 cm³/mol. The maximum atomic E-state index is 12.2. The minimum Gasteiger partial charge on any atom is -0.389 e. The van der Waals surface area contributed by atoms with Crippen molar-refractivity contribution in [2.75, 3.05) is 20.6 Å². The van der Waals surface area contributed by atoms with E-state index in [1.54, 1.807) is 24.3 Å². The van der Waals surface area contributed by atoms with Gasteiger partial charge >= 0.3 is 0 Å². The molecule has 1 rings (SSSR count). The third kappa shape index (κ3) is 5.35. The minimum atomic E-state index is -3.45. The third-order valence-electron chi connectivity index (χ3n) is 3.56. The van der Waals surface area contributed by atoms with Gasteiger partial charge in [0.15, 0.2) is 0 Å². The van der Waals surface area contributed by atoms with E-state index < -0.39 is 10.0 Å². The third-order valence-corrected chi connectivity index (χ3v) is 5.06. The lowest BCUT2D eigenvalue weighted by Gasteiger charge is -2.32. The van der Waals surface area contributed by atoms with E-state index >= 15 is 0 Å². The largest absolute Gasteiger partial charge is 0.389 e. The number of thiocarbonyl (C=S) groups is 1. The number of sulfonamides is 1. The van der Waals surface area contributed by atoms with E-state index in [-0.39, 0.29) is 16.3 Å². The maximum absolute atomic E-state index is 12.2. The van der Waals surface area contributed by atoms with Crippen molar-refractivity contribution in [2.45, 2.75) is 25.1 Å². The summed E-state index contributed by atoms with van der Waals surface area (Å²) >= 11 is 4.95. The number of nitrogens with two attached hydrogens (primary N) is 1. The smallest absolute Gasteiger partial charge is 0.215 e. The second-order valence-electron chi connectivity index (χ2n) is 5.81. The van der Waals surface area contributed by atoms with Gasteiger partial charge in [0.05, 0.1) is 5.75 Å². The first-order chi connectivity index (χ1) is 9.55. The number of nitrogens with zero attached hydrogens (tertiary/aromatic N) is 1. The van der Waals surface area contributed by atoms with E-state index in [1.165, 1.54) is 0 Å². The monoisotopic (exact) mass is 329 g/mol. The van der Waals surface area contributed by atoms with Gasteiger partial charge in [-0.25, -0.2) is 13.1 Å². The van der Waals surface area contributed by atoms with E-state index in [0.29, 0.717) is 17.7 Å². The molecule has 1 aromatic rings. The molecule has 0 spiro atoms. The molecule has 0 aromatic heterocycles. The van der Waals surface area contributed by atoms with E-state index in [4.69, 9.17) is 18.0 Å². The highest BCUT2D eigenvalue weighted by Gasteiger charge is 2.23. The molecule has 1 aromatic carbocycles. The van der Waals surface area contributed by atoms with Crippen molar-refractivity contribution in [3.05, 3.63) is 35.4 Å². The molecule has 0 saturated carbocycles. The Morgan fingerprint density at radius 2 is 1.90 bits per heavy atom. The lowest BCUT2D eigenvalue weighted by Crippen LogP contribution is -2.48. The van der Waals surface area contributed by atoms with Crippen molar-refractivity contribution in [3.63, 3.8) is 0 Å². The van der Waals surface area contributed by atoms with Gasteiger partial charge in [-0.3, -0.25) is 0 Å². The average Bonchev–Trinajstić information content (AvgIpc) is 2.36. The summed E-state index contributed by atoms with van der Waals surface area (Å²) in [6.07, 6.45) is 0. The predicted octanol–water partition coefficient (Wildman–Crippen LogP) is 1.08. The van der Waals surface area contributed by atoms with Gasteiger partial charge in [0, 0.05) is 17.6 Å². The number of nitrogens with one attached hydrogen (secondary N) is 1. The van der Waals surface area contributed by atoms with Crippen LogP contribution in [0.1, 0.15) is 25.0 Å². The Balaban J connectivity index is 2.85. The van der Waals surface area contributed by atoms with Crippen LogP contribution in [0.5, 0.6) is 0 Å². The van der Waals surface area contributed by atoms with Crippen LogP contribution in [-0.4, -0.2) is 44.5 Å². The van der Waals surface area contributed by atoms with Crippen LogP contribution in [0.3, 0.4) is 0 Å². The fourth-order valence-corrected chi connectivity index (χ4v) is 3.12. The zero-order chi connectivity index (χ0) is 16.3. The van der Waals surface area contributed by atoms with Gasteiger partial charge in [0.25, 0.3) is 0 Å².